The molecule has 1 N–H and O–H groups in total. The quantitative estimate of drug-likeness (QED) is 0.915. The van der Waals surface area contributed by atoms with Gasteiger partial charge in [0.1, 0.15) is 9.84 Å². The summed E-state index contributed by atoms with van der Waals surface area (Å²) in [6.07, 6.45) is 6.82. The van der Waals surface area contributed by atoms with Gasteiger partial charge in [-0.1, -0.05) is 12.5 Å². The van der Waals surface area contributed by atoms with Crippen molar-refractivity contribution in [1.82, 2.24) is 10.3 Å². The fraction of sp³-hybridized carbons (Fsp3) is 0.643. The van der Waals surface area contributed by atoms with E-state index in [-0.39, 0.29) is 5.25 Å². The Labute approximate surface area is 115 Å². The van der Waals surface area contributed by atoms with Gasteiger partial charge in [0.15, 0.2) is 0 Å². The van der Waals surface area contributed by atoms with Gasteiger partial charge in [-0.25, -0.2) is 8.42 Å². The third kappa shape index (κ3) is 4.28. The molecule has 0 aliphatic heterocycles. The van der Waals surface area contributed by atoms with Gasteiger partial charge in [-0.2, -0.15) is 0 Å². The van der Waals surface area contributed by atoms with Gasteiger partial charge >= 0.3 is 0 Å². The van der Waals surface area contributed by atoms with Crippen LogP contribution in [0.4, 0.5) is 0 Å². The lowest BCUT2D eigenvalue weighted by molar-refractivity contribution is 0.371. The molecule has 0 amide bonds. The van der Waals surface area contributed by atoms with Crippen LogP contribution in [-0.2, 0) is 16.4 Å². The Morgan fingerprint density at radius 1 is 1.37 bits per heavy atom. The Morgan fingerprint density at radius 3 is 2.79 bits per heavy atom. The zero-order chi connectivity index (χ0) is 13.9. The molecule has 19 heavy (non-hydrogen) atoms. The summed E-state index contributed by atoms with van der Waals surface area (Å²) in [5.74, 6) is 0. The van der Waals surface area contributed by atoms with Crippen LogP contribution in [0.25, 0.3) is 0 Å². The number of aryl methyl sites for hydroxylation is 1. The van der Waals surface area contributed by atoms with Crippen LogP contribution in [-0.4, -0.2) is 30.9 Å². The van der Waals surface area contributed by atoms with E-state index in [4.69, 9.17) is 0 Å². The highest BCUT2D eigenvalue weighted by atomic mass is 32.2. The van der Waals surface area contributed by atoms with Gasteiger partial charge in [-0.3, -0.25) is 4.98 Å². The predicted octanol–water partition coefficient (Wildman–Crippen LogP) is 1.84. The van der Waals surface area contributed by atoms with Crippen molar-refractivity contribution in [3.63, 3.8) is 0 Å². The van der Waals surface area contributed by atoms with Crippen molar-refractivity contribution < 1.29 is 8.42 Å². The number of aromatic nitrogens is 1. The highest BCUT2D eigenvalue weighted by Gasteiger charge is 2.28. The summed E-state index contributed by atoms with van der Waals surface area (Å²) < 4.78 is 23.2. The van der Waals surface area contributed by atoms with Crippen LogP contribution in [0, 0.1) is 6.92 Å². The molecular weight excluding hydrogens is 260 g/mol. The number of nitrogens with one attached hydrogen (secondary N) is 1. The van der Waals surface area contributed by atoms with Crippen molar-refractivity contribution >= 4 is 9.84 Å². The van der Waals surface area contributed by atoms with Gasteiger partial charge in [0.2, 0.25) is 0 Å². The topological polar surface area (TPSA) is 59.1 Å². The molecule has 1 saturated carbocycles. The van der Waals surface area contributed by atoms with Gasteiger partial charge < -0.3 is 5.32 Å². The molecule has 2 atom stereocenters. The maximum atomic E-state index is 11.6. The average Bonchev–Trinajstić information content (AvgIpc) is 2.37. The van der Waals surface area contributed by atoms with Crippen molar-refractivity contribution in [3.8, 4) is 0 Å². The number of hydrogen-bond donors (Lipinski definition) is 1. The predicted molar refractivity (Wildman–Crippen MR) is 76.7 cm³/mol. The standard InChI is InChI=1S/C14H22N2O2S/c1-11-6-7-12(9-15-11)10-16-13-4-3-5-14(8-13)19(2,17)18/h6-7,9,13-14,16H,3-5,8,10H2,1-2H3. The Hall–Kier alpha value is -0.940. The number of hydrogen-bond acceptors (Lipinski definition) is 4. The minimum Gasteiger partial charge on any atom is -0.310 e. The summed E-state index contributed by atoms with van der Waals surface area (Å²) in [6.45, 7) is 2.73. The Morgan fingerprint density at radius 2 is 2.16 bits per heavy atom. The first-order valence-electron chi connectivity index (χ1n) is 6.79. The Bertz CT molecular complexity index is 511. The van der Waals surface area contributed by atoms with E-state index in [1.807, 2.05) is 19.2 Å². The number of rotatable bonds is 4. The highest BCUT2D eigenvalue weighted by Crippen LogP contribution is 2.24. The van der Waals surface area contributed by atoms with E-state index in [2.05, 4.69) is 16.4 Å². The first kappa shape index (κ1) is 14.5. The summed E-state index contributed by atoms with van der Waals surface area (Å²) in [7, 11) is -2.90. The molecule has 1 aliphatic carbocycles. The van der Waals surface area contributed by atoms with Crippen LogP contribution >= 0.6 is 0 Å². The van der Waals surface area contributed by atoms with Crippen LogP contribution < -0.4 is 5.32 Å². The van der Waals surface area contributed by atoms with Gasteiger partial charge in [0.05, 0.1) is 5.25 Å². The smallest absolute Gasteiger partial charge is 0.150 e. The van der Waals surface area contributed by atoms with Crippen LogP contribution in [0.3, 0.4) is 0 Å². The van der Waals surface area contributed by atoms with E-state index in [1.54, 1.807) is 0 Å². The molecule has 1 aliphatic rings. The summed E-state index contributed by atoms with van der Waals surface area (Å²) in [6, 6.07) is 4.36. The number of sulfone groups is 1. The molecule has 5 heteroatoms. The highest BCUT2D eigenvalue weighted by molar-refractivity contribution is 7.91. The molecule has 1 aromatic rings. The van der Waals surface area contributed by atoms with Crippen molar-refractivity contribution in [2.45, 2.75) is 50.4 Å². The molecule has 0 saturated heterocycles. The summed E-state index contributed by atoms with van der Waals surface area (Å²) in [5.41, 5.74) is 2.16. The molecular formula is C14H22N2O2S. The van der Waals surface area contributed by atoms with Crippen LogP contribution in [0.15, 0.2) is 18.3 Å². The van der Waals surface area contributed by atoms with Crippen molar-refractivity contribution in [2.75, 3.05) is 6.26 Å². The van der Waals surface area contributed by atoms with Gasteiger partial charge in [0.25, 0.3) is 0 Å². The minimum absolute atomic E-state index is 0.171. The SMILES string of the molecule is Cc1ccc(CNC2CCCC(S(C)(=O)=O)C2)cn1. The summed E-state index contributed by atoms with van der Waals surface area (Å²) >= 11 is 0. The van der Waals surface area contributed by atoms with E-state index in [9.17, 15) is 8.42 Å². The Kier molecular flexibility index (Phi) is 4.58. The summed E-state index contributed by atoms with van der Waals surface area (Å²) in [4.78, 5) is 4.26. The molecule has 0 spiro atoms. The lowest BCUT2D eigenvalue weighted by Gasteiger charge is -2.28. The third-order valence-electron chi connectivity index (χ3n) is 3.80. The van der Waals surface area contributed by atoms with Crippen molar-refractivity contribution in [2.24, 2.45) is 0 Å². The van der Waals surface area contributed by atoms with E-state index >= 15 is 0 Å². The zero-order valence-corrected chi connectivity index (χ0v) is 12.4. The second-order valence-electron chi connectivity index (χ2n) is 5.50. The molecule has 0 aromatic carbocycles. The normalized spacial score (nSPS) is 24.3. The number of nitrogens with zero attached hydrogens (tertiary/aromatic N) is 1. The zero-order valence-electron chi connectivity index (χ0n) is 11.6. The van der Waals surface area contributed by atoms with E-state index in [0.717, 1.165) is 43.5 Å². The molecule has 2 rings (SSSR count). The number of pyridine rings is 1. The Balaban J connectivity index is 1.87. The fourth-order valence-electron chi connectivity index (χ4n) is 2.58. The lowest BCUT2D eigenvalue weighted by atomic mass is 9.95. The average molecular weight is 282 g/mol. The first-order valence-corrected chi connectivity index (χ1v) is 8.74. The van der Waals surface area contributed by atoms with Crippen LogP contribution in [0.1, 0.15) is 36.9 Å². The molecule has 1 heterocycles. The second kappa shape index (κ2) is 6.01. The fourth-order valence-corrected chi connectivity index (χ4v) is 3.76. The minimum atomic E-state index is -2.90. The molecule has 2 unspecified atom stereocenters. The third-order valence-corrected chi connectivity index (χ3v) is 5.44. The lowest BCUT2D eigenvalue weighted by Crippen LogP contribution is -2.38. The van der Waals surface area contributed by atoms with Crippen LogP contribution in [0.5, 0.6) is 0 Å². The molecule has 106 valence electrons. The molecule has 1 aromatic heterocycles. The monoisotopic (exact) mass is 282 g/mol. The first-order chi connectivity index (χ1) is 8.95. The summed E-state index contributed by atoms with van der Waals surface area (Å²) in [5, 5.41) is 3.28. The molecule has 0 bridgehead atoms. The maximum Gasteiger partial charge on any atom is 0.150 e. The van der Waals surface area contributed by atoms with Gasteiger partial charge in [0, 0.05) is 30.7 Å². The van der Waals surface area contributed by atoms with Gasteiger partial charge in [-0.15, -0.1) is 0 Å². The van der Waals surface area contributed by atoms with Crippen LogP contribution in [0.2, 0.25) is 0 Å². The van der Waals surface area contributed by atoms with E-state index < -0.39 is 9.84 Å². The van der Waals surface area contributed by atoms with Crippen molar-refractivity contribution in [3.05, 3.63) is 29.6 Å². The van der Waals surface area contributed by atoms with Crippen molar-refractivity contribution in [1.29, 1.82) is 0 Å². The van der Waals surface area contributed by atoms with E-state index in [0.29, 0.717) is 6.04 Å². The van der Waals surface area contributed by atoms with E-state index in [1.165, 1.54) is 6.26 Å². The molecule has 0 radical (unpaired) electrons. The molecule has 1 fully saturated rings. The van der Waals surface area contributed by atoms with Gasteiger partial charge in [-0.05, 0) is 37.8 Å². The maximum absolute atomic E-state index is 11.6. The molecule has 4 nitrogen and oxygen atoms in total. The second-order valence-corrected chi connectivity index (χ2v) is 7.83. The largest absolute Gasteiger partial charge is 0.310 e.